The summed E-state index contributed by atoms with van der Waals surface area (Å²) in [5.41, 5.74) is 2.20. The van der Waals surface area contributed by atoms with Gasteiger partial charge in [-0.3, -0.25) is 9.59 Å². The largest absolute Gasteiger partial charge is 0.352 e. The van der Waals surface area contributed by atoms with Crippen LogP contribution in [-0.2, 0) is 4.79 Å². The molecular weight excluding hydrogens is 338 g/mol. The molecule has 2 aromatic carbocycles. The molecule has 6 heteroatoms. The van der Waals surface area contributed by atoms with Crippen molar-refractivity contribution in [3.05, 3.63) is 64.7 Å². The summed E-state index contributed by atoms with van der Waals surface area (Å²) in [6, 6.07) is 14.6. The molecule has 1 atom stereocenters. The lowest BCUT2D eigenvalue weighted by Crippen LogP contribution is -2.86. The fraction of sp³-hybridized carbons (Fsp3) is 0.263. The molecule has 2 aromatic rings. The van der Waals surface area contributed by atoms with Gasteiger partial charge in [0.25, 0.3) is 11.8 Å². The van der Waals surface area contributed by atoms with Crippen LogP contribution in [0, 0.1) is 0 Å². The predicted molar refractivity (Wildman–Crippen MR) is 99.7 cm³/mol. The third-order valence-electron chi connectivity index (χ3n) is 3.78. The average molecular weight is 361 g/mol. The van der Waals surface area contributed by atoms with Crippen molar-refractivity contribution in [1.82, 2.24) is 5.32 Å². The van der Waals surface area contributed by atoms with Crippen molar-refractivity contribution in [3.8, 4) is 0 Å². The van der Waals surface area contributed by atoms with Crippen LogP contribution in [0.4, 0.5) is 5.69 Å². The topological polar surface area (TPSA) is 74.8 Å². The second kappa shape index (κ2) is 9.20. The molecule has 0 heterocycles. The maximum atomic E-state index is 12.2. The summed E-state index contributed by atoms with van der Waals surface area (Å²) in [5.74, 6) is -0.276. The van der Waals surface area contributed by atoms with Crippen LogP contribution in [0.3, 0.4) is 0 Å². The Morgan fingerprint density at radius 3 is 2.64 bits per heavy atom. The van der Waals surface area contributed by atoms with E-state index in [1.54, 1.807) is 24.3 Å². The number of nitrogens with two attached hydrogens (primary N) is 1. The van der Waals surface area contributed by atoms with Crippen LogP contribution < -0.4 is 16.0 Å². The normalized spacial score (nSPS) is 11.6. The van der Waals surface area contributed by atoms with E-state index in [9.17, 15) is 9.59 Å². The molecule has 25 heavy (non-hydrogen) atoms. The van der Waals surface area contributed by atoms with Gasteiger partial charge in [-0.2, -0.15) is 0 Å². The number of halogens is 1. The van der Waals surface area contributed by atoms with Gasteiger partial charge in [-0.05, 0) is 44.2 Å². The van der Waals surface area contributed by atoms with Crippen molar-refractivity contribution >= 4 is 29.1 Å². The van der Waals surface area contributed by atoms with Gasteiger partial charge in [-0.15, -0.1) is 0 Å². The maximum Gasteiger partial charge on any atom is 0.279 e. The molecule has 0 radical (unpaired) electrons. The number of rotatable bonds is 7. The number of hydrogen-bond donors (Lipinski definition) is 3. The standard InChI is InChI=1S/C19H22ClN3O2/c1-3-21-19(25)15-7-5-9-17(11-15)23-18(24)12-22-13(2)14-6-4-8-16(20)10-14/h4-11,13,22H,3,12H2,1-2H3,(H,21,25)(H,23,24)/p+1/t13-/m1/s1. The number of nitrogens with one attached hydrogen (secondary N) is 2. The SMILES string of the molecule is CCNC(=O)c1cccc(NC(=O)C[NH2+][C@H](C)c2cccc(Cl)c2)c1. The molecule has 0 unspecified atom stereocenters. The molecule has 0 aliphatic rings. The van der Waals surface area contributed by atoms with Crippen molar-refractivity contribution in [2.75, 3.05) is 18.4 Å². The lowest BCUT2D eigenvalue weighted by Gasteiger charge is -2.12. The van der Waals surface area contributed by atoms with Crippen molar-refractivity contribution in [3.63, 3.8) is 0 Å². The number of hydrogen-bond acceptors (Lipinski definition) is 2. The lowest BCUT2D eigenvalue weighted by atomic mass is 10.1. The Morgan fingerprint density at radius 1 is 1.16 bits per heavy atom. The van der Waals surface area contributed by atoms with Crippen LogP contribution in [0.1, 0.15) is 35.8 Å². The van der Waals surface area contributed by atoms with E-state index in [-0.39, 0.29) is 24.4 Å². The van der Waals surface area contributed by atoms with E-state index in [1.807, 2.05) is 43.4 Å². The molecule has 2 amide bonds. The monoisotopic (exact) mass is 360 g/mol. The minimum absolute atomic E-state index is 0.117. The molecule has 0 aromatic heterocycles. The summed E-state index contributed by atoms with van der Waals surface area (Å²) < 4.78 is 0. The highest BCUT2D eigenvalue weighted by Crippen LogP contribution is 2.14. The number of anilines is 1. The van der Waals surface area contributed by atoms with Crippen molar-refractivity contribution in [1.29, 1.82) is 0 Å². The summed E-state index contributed by atoms with van der Waals surface area (Å²) in [5, 5.41) is 8.18. The van der Waals surface area contributed by atoms with Gasteiger partial charge in [0.1, 0.15) is 6.04 Å². The van der Waals surface area contributed by atoms with Crippen LogP contribution in [0.25, 0.3) is 0 Å². The molecule has 132 valence electrons. The van der Waals surface area contributed by atoms with Gasteiger partial charge in [0, 0.05) is 28.4 Å². The molecule has 0 aliphatic carbocycles. The van der Waals surface area contributed by atoms with E-state index in [1.165, 1.54) is 0 Å². The molecule has 0 saturated carbocycles. The molecule has 0 bridgehead atoms. The first kappa shape index (κ1) is 19.0. The van der Waals surface area contributed by atoms with E-state index >= 15 is 0 Å². The summed E-state index contributed by atoms with van der Waals surface area (Å²) in [6.45, 7) is 4.72. The molecule has 4 N–H and O–H groups in total. The first-order chi connectivity index (χ1) is 12.0. The van der Waals surface area contributed by atoms with E-state index in [2.05, 4.69) is 10.6 Å². The highest BCUT2D eigenvalue weighted by molar-refractivity contribution is 6.30. The molecule has 0 fully saturated rings. The van der Waals surface area contributed by atoms with Gasteiger partial charge in [-0.25, -0.2) is 0 Å². The Labute approximate surface area is 152 Å². The molecule has 0 spiro atoms. The van der Waals surface area contributed by atoms with Crippen LogP contribution >= 0.6 is 11.6 Å². The van der Waals surface area contributed by atoms with E-state index in [0.717, 1.165) is 5.56 Å². The average Bonchev–Trinajstić information content (AvgIpc) is 2.60. The van der Waals surface area contributed by atoms with Gasteiger partial charge in [-0.1, -0.05) is 29.8 Å². The zero-order valence-electron chi connectivity index (χ0n) is 14.4. The molecule has 2 rings (SSSR count). The number of quaternary nitrogens is 1. The number of carbonyl (C=O) groups excluding carboxylic acids is 2. The van der Waals surface area contributed by atoms with E-state index in [4.69, 9.17) is 11.6 Å². The highest BCUT2D eigenvalue weighted by atomic mass is 35.5. The highest BCUT2D eigenvalue weighted by Gasteiger charge is 2.12. The third-order valence-corrected chi connectivity index (χ3v) is 4.01. The zero-order chi connectivity index (χ0) is 18.2. The minimum Gasteiger partial charge on any atom is -0.352 e. The third kappa shape index (κ3) is 5.89. The molecule has 5 nitrogen and oxygen atoms in total. The van der Waals surface area contributed by atoms with Crippen LogP contribution in [0.15, 0.2) is 48.5 Å². The fourth-order valence-corrected chi connectivity index (χ4v) is 2.62. The quantitative estimate of drug-likeness (QED) is 0.709. The van der Waals surface area contributed by atoms with Crippen molar-refractivity contribution < 1.29 is 14.9 Å². The number of carbonyl (C=O) groups is 2. The zero-order valence-corrected chi connectivity index (χ0v) is 15.1. The maximum absolute atomic E-state index is 12.2. The second-order valence-corrected chi connectivity index (χ2v) is 6.21. The Kier molecular flexibility index (Phi) is 6.98. The fourth-order valence-electron chi connectivity index (χ4n) is 2.42. The van der Waals surface area contributed by atoms with Crippen molar-refractivity contribution in [2.24, 2.45) is 0 Å². The Morgan fingerprint density at radius 2 is 1.92 bits per heavy atom. The summed E-state index contributed by atoms with van der Waals surface area (Å²) in [4.78, 5) is 24.0. The van der Waals surface area contributed by atoms with Gasteiger partial charge in [0.2, 0.25) is 0 Å². The summed E-state index contributed by atoms with van der Waals surface area (Å²) in [7, 11) is 0. The van der Waals surface area contributed by atoms with Crippen LogP contribution in [0.2, 0.25) is 5.02 Å². The number of amides is 2. The van der Waals surface area contributed by atoms with E-state index in [0.29, 0.717) is 22.8 Å². The molecule has 0 aliphatic heterocycles. The van der Waals surface area contributed by atoms with Crippen LogP contribution in [-0.4, -0.2) is 24.9 Å². The van der Waals surface area contributed by atoms with Gasteiger partial charge in [0.05, 0.1) is 0 Å². The molecule has 0 saturated heterocycles. The Bertz CT molecular complexity index is 749. The smallest absolute Gasteiger partial charge is 0.279 e. The lowest BCUT2D eigenvalue weighted by molar-refractivity contribution is -0.682. The van der Waals surface area contributed by atoms with Gasteiger partial charge < -0.3 is 16.0 Å². The summed E-state index contributed by atoms with van der Waals surface area (Å²) in [6.07, 6.45) is 0. The predicted octanol–water partition coefficient (Wildman–Crippen LogP) is 2.35. The van der Waals surface area contributed by atoms with E-state index < -0.39 is 0 Å². The first-order valence-corrected chi connectivity index (χ1v) is 8.64. The minimum atomic E-state index is -0.153. The summed E-state index contributed by atoms with van der Waals surface area (Å²) >= 11 is 6.00. The molecular formula is C19H23ClN3O2+. The van der Waals surface area contributed by atoms with Crippen molar-refractivity contribution in [2.45, 2.75) is 19.9 Å². The Hall–Kier alpha value is -2.37. The number of benzene rings is 2. The van der Waals surface area contributed by atoms with Crippen LogP contribution in [0.5, 0.6) is 0 Å². The van der Waals surface area contributed by atoms with Gasteiger partial charge >= 0.3 is 0 Å². The van der Waals surface area contributed by atoms with Gasteiger partial charge in [0.15, 0.2) is 6.54 Å². The Balaban J connectivity index is 1.90. The second-order valence-electron chi connectivity index (χ2n) is 5.77. The first-order valence-electron chi connectivity index (χ1n) is 8.26.